The third-order valence-electron chi connectivity index (χ3n) is 5.50. The van der Waals surface area contributed by atoms with Gasteiger partial charge in [0.1, 0.15) is 0 Å². The highest BCUT2D eigenvalue weighted by atomic mass is 16.4. The Morgan fingerprint density at radius 2 is 1.29 bits per heavy atom. The molecule has 4 nitrogen and oxygen atoms in total. The minimum absolute atomic E-state index is 0.0121. The maximum Gasteiger partial charge on any atom is 0.304 e. The van der Waals surface area contributed by atoms with Crippen molar-refractivity contribution in [3.05, 3.63) is 12.2 Å². The Labute approximate surface area is 173 Å². The first-order chi connectivity index (χ1) is 13.6. The molecule has 0 bridgehead atoms. The smallest absolute Gasteiger partial charge is 0.304 e. The molecule has 0 heterocycles. The molecule has 0 saturated carbocycles. The van der Waals surface area contributed by atoms with Gasteiger partial charge in [-0.2, -0.15) is 0 Å². The van der Waals surface area contributed by atoms with Gasteiger partial charge in [0, 0.05) is 19.0 Å². The molecule has 0 saturated heterocycles. The highest BCUT2D eigenvalue weighted by Gasteiger charge is 2.24. The Morgan fingerprint density at radius 1 is 0.821 bits per heavy atom. The van der Waals surface area contributed by atoms with Crippen LogP contribution in [0.5, 0.6) is 0 Å². The fraction of sp³-hybridized carbons (Fsp3) is 0.833. The van der Waals surface area contributed by atoms with Crippen LogP contribution in [0.25, 0.3) is 0 Å². The third-order valence-corrected chi connectivity index (χ3v) is 5.50. The topological polar surface area (TPSA) is 57.6 Å². The second-order valence-corrected chi connectivity index (χ2v) is 7.84. The number of allylic oxidation sites excluding steroid dienone is 2. The van der Waals surface area contributed by atoms with Gasteiger partial charge in [0.2, 0.25) is 5.91 Å². The quantitative estimate of drug-likeness (QED) is 0.198. The van der Waals surface area contributed by atoms with Crippen molar-refractivity contribution in [1.82, 2.24) is 4.90 Å². The predicted octanol–water partition coefficient (Wildman–Crippen LogP) is 6.59. The van der Waals surface area contributed by atoms with Gasteiger partial charge in [-0.25, -0.2) is 0 Å². The molecule has 0 spiro atoms. The van der Waals surface area contributed by atoms with Crippen molar-refractivity contribution in [3.63, 3.8) is 0 Å². The van der Waals surface area contributed by atoms with Crippen molar-refractivity contribution in [3.8, 4) is 0 Å². The van der Waals surface area contributed by atoms with E-state index < -0.39 is 5.97 Å². The molecule has 1 N–H and O–H groups in total. The Kier molecular flexibility index (Phi) is 18.1. The zero-order valence-corrected chi connectivity index (χ0v) is 18.8. The van der Waals surface area contributed by atoms with Crippen molar-refractivity contribution in [2.45, 2.75) is 111 Å². The standard InChI is InChI=1S/C24H45NO3/c1-4-7-8-9-10-11-12-13-14-15-16-17-18-19-20-22(21-23(26)27)24(28)25(5-2)6-3/h4,7,22H,5-6,8-21H2,1-3H3,(H,26,27)/b7-4+. The molecular formula is C24H45NO3. The molecule has 0 aromatic heterocycles. The second kappa shape index (κ2) is 19.0. The summed E-state index contributed by atoms with van der Waals surface area (Å²) in [5.74, 6) is -1.21. The van der Waals surface area contributed by atoms with Crippen LogP contribution in [0.15, 0.2) is 12.2 Å². The summed E-state index contributed by atoms with van der Waals surface area (Å²) < 4.78 is 0. The van der Waals surface area contributed by atoms with Crippen molar-refractivity contribution >= 4 is 11.9 Å². The van der Waals surface area contributed by atoms with Crippen LogP contribution < -0.4 is 0 Å². The van der Waals surface area contributed by atoms with Gasteiger partial charge >= 0.3 is 5.97 Å². The maximum absolute atomic E-state index is 12.5. The van der Waals surface area contributed by atoms with Crippen LogP contribution in [0.1, 0.15) is 111 Å². The Bertz CT molecular complexity index is 416. The summed E-state index contributed by atoms with van der Waals surface area (Å²) in [6.45, 7) is 7.29. The van der Waals surface area contributed by atoms with Gasteiger partial charge in [0.15, 0.2) is 0 Å². The number of hydrogen-bond acceptors (Lipinski definition) is 2. The molecule has 0 aliphatic rings. The lowest BCUT2D eigenvalue weighted by Gasteiger charge is -2.24. The van der Waals surface area contributed by atoms with E-state index in [-0.39, 0.29) is 18.2 Å². The van der Waals surface area contributed by atoms with Crippen LogP contribution in [0.3, 0.4) is 0 Å². The third kappa shape index (κ3) is 14.7. The lowest BCUT2D eigenvalue weighted by Crippen LogP contribution is -2.36. The summed E-state index contributed by atoms with van der Waals surface area (Å²) in [6, 6.07) is 0. The highest BCUT2D eigenvalue weighted by molar-refractivity contribution is 5.83. The van der Waals surface area contributed by atoms with E-state index in [2.05, 4.69) is 19.1 Å². The summed E-state index contributed by atoms with van der Waals surface area (Å²) in [4.78, 5) is 25.3. The number of unbranched alkanes of at least 4 members (excludes halogenated alkanes) is 11. The average Bonchev–Trinajstić information content (AvgIpc) is 2.67. The summed E-state index contributed by atoms with van der Waals surface area (Å²) in [5, 5.41) is 9.10. The van der Waals surface area contributed by atoms with Crippen LogP contribution in [-0.2, 0) is 9.59 Å². The molecule has 1 amide bonds. The zero-order valence-electron chi connectivity index (χ0n) is 18.8. The lowest BCUT2D eigenvalue weighted by atomic mass is 9.95. The molecule has 0 radical (unpaired) electrons. The van der Waals surface area contributed by atoms with E-state index in [9.17, 15) is 9.59 Å². The van der Waals surface area contributed by atoms with Gasteiger partial charge in [-0.05, 0) is 40.0 Å². The first-order valence-corrected chi connectivity index (χ1v) is 11.7. The van der Waals surface area contributed by atoms with Gasteiger partial charge in [0.25, 0.3) is 0 Å². The molecule has 1 unspecified atom stereocenters. The van der Waals surface area contributed by atoms with Gasteiger partial charge < -0.3 is 10.0 Å². The van der Waals surface area contributed by atoms with Gasteiger partial charge in [-0.3, -0.25) is 9.59 Å². The molecule has 0 aliphatic heterocycles. The number of carboxylic acids is 1. The number of amides is 1. The summed E-state index contributed by atoms with van der Waals surface area (Å²) in [5.41, 5.74) is 0. The van der Waals surface area contributed by atoms with Crippen LogP contribution in [0.2, 0.25) is 0 Å². The minimum atomic E-state index is -0.868. The normalized spacial score (nSPS) is 12.4. The van der Waals surface area contributed by atoms with E-state index in [0.29, 0.717) is 19.5 Å². The van der Waals surface area contributed by atoms with Crippen LogP contribution in [-0.4, -0.2) is 35.0 Å². The Morgan fingerprint density at radius 3 is 1.71 bits per heavy atom. The van der Waals surface area contributed by atoms with Crippen molar-refractivity contribution in [2.75, 3.05) is 13.1 Å². The molecule has 28 heavy (non-hydrogen) atoms. The van der Waals surface area contributed by atoms with E-state index in [1.165, 1.54) is 64.2 Å². The molecule has 0 aliphatic carbocycles. The lowest BCUT2D eigenvalue weighted by molar-refractivity contribution is -0.144. The van der Waals surface area contributed by atoms with E-state index in [1.54, 1.807) is 4.90 Å². The maximum atomic E-state index is 12.5. The minimum Gasteiger partial charge on any atom is -0.481 e. The number of carbonyl (C=O) groups is 2. The average molecular weight is 396 g/mol. The van der Waals surface area contributed by atoms with E-state index >= 15 is 0 Å². The second-order valence-electron chi connectivity index (χ2n) is 7.84. The summed E-state index contributed by atoms with van der Waals surface area (Å²) in [7, 11) is 0. The number of carbonyl (C=O) groups excluding carboxylic acids is 1. The van der Waals surface area contributed by atoms with Crippen molar-refractivity contribution in [2.24, 2.45) is 5.92 Å². The predicted molar refractivity (Wildman–Crippen MR) is 119 cm³/mol. The monoisotopic (exact) mass is 395 g/mol. The number of aliphatic carboxylic acids is 1. The number of rotatable bonds is 19. The number of carboxylic acid groups (broad SMARTS) is 1. The van der Waals surface area contributed by atoms with Crippen molar-refractivity contribution < 1.29 is 14.7 Å². The first-order valence-electron chi connectivity index (χ1n) is 11.7. The highest BCUT2D eigenvalue weighted by Crippen LogP contribution is 2.19. The number of hydrogen-bond donors (Lipinski definition) is 1. The molecule has 0 rings (SSSR count). The molecule has 1 atom stereocenters. The van der Waals surface area contributed by atoms with E-state index in [1.807, 2.05) is 13.8 Å². The summed E-state index contributed by atoms with van der Waals surface area (Å²) in [6.07, 6.45) is 20.2. The van der Waals surface area contributed by atoms with Crippen LogP contribution in [0.4, 0.5) is 0 Å². The molecule has 0 fully saturated rings. The fourth-order valence-corrected chi connectivity index (χ4v) is 3.73. The molecular weight excluding hydrogens is 350 g/mol. The van der Waals surface area contributed by atoms with E-state index in [4.69, 9.17) is 5.11 Å². The van der Waals surface area contributed by atoms with Gasteiger partial charge in [-0.15, -0.1) is 0 Å². The SMILES string of the molecule is C/C=C/CCCCCCCCCCCCCC(CC(=O)O)C(=O)N(CC)CC. The Hall–Kier alpha value is -1.32. The fourth-order valence-electron chi connectivity index (χ4n) is 3.73. The molecule has 4 heteroatoms. The van der Waals surface area contributed by atoms with Gasteiger partial charge in [0.05, 0.1) is 6.42 Å². The van der Waals surface area contributed by atoms with E-state index in [0.717, 1.165) is 12.8 Å². The first kappa shape index (κ1) is 26.7. The largest absolute Gasteiger partial charge is 0.481 e. The molecule has 164 valence electrons. The van der Waals surface area contributed by atoms with Crippen LogP contribution in [0, 0.1) is 5.92 Å². The molecule has 0 aromatic carbocycles. The van der Waals surface area contributed by atoms with Crippen molar-refractivity contribution in [1.29, 1.82) is 0 Å². The van der Waals surface area contributed by atoms with Crippen LogP contribution >= 0.6 is 0 Å². The summed E-state index contributed by atoms with van der Waals surface area (Å²) >= 11 is 0. The number of nitrogens with zero attached hydrogens (tertiary/aromatic N) is 1. The Balaban J connectivity index is 3.72. The van der Waals surface area contributed by atoms with Gasteiger partial charge in [-0.1, -0.05) is 76.4 Å². The zero-order chi connectivity index (χ0) is 21.0. The molecule has 0 aromatic rings.